The van der Waals surface area contributed by atoms with E-state index < -0.39 is 0 Å². The van der Waals surface area contributed by atoms with Gasteiger partial charge < -0.3 is 5.32 Å². The Bertz CT molecular complexity index is 604. The molecule has 1 aromatic carbocycles. The molecule has 0 unspecified atom stereocenters. The molecule has 6 nitrogen and oxygen atoms in total. The average molecular weight is 295 g/mol. The summed E-state index contributed by atoms with van der Waals surface area (Å²) in [5.74, 6) is 0.834. The van der Waals surface area contributed by atoms with Gasteiger partial charge in [0.2, 0.25) is 10.7 Å². The molecule has 8 heteroatoms. The van der Waals surface area contributed by atoms with Crippen LogP contribution in [0.4, 0.5) is 5.69 Å². The van der Waals surface area contributed by atoms with Crippen LogP contribution in [0.1, 0.15) is 6.42 Å². The highest BCUT2D eigenvalue weighted by atomic mass is 32.2. The Morgan fingerprint density at radius 1 is 1.47 bits per heavy atom. The van der Waals surface area contributed by atoms with Crippen molar-refractivity contribution in [3.8, 4) is 5.69 Å². The van der Waals surface area contributed by atoms with E-state index in [1.807, 2.05) is 30.5 Å². The first-order valence-corrected chi connectivity index (χ1v) is 7.40. The van der Waals surface area contributed by atoms with Crippen molar-refractivity contribution in [2.75, 3.05) is 17.3 Å². The smallest absolute Gasteiger partial charge is 0.242 e. The summed E-state index contributed by atoms with van der Waals surface area (Å²) in [6, 6.07) is 7.30. The molecule has 0 aliphatic rings. The van der Waals surface area contributed by atoms with Gasteiger partial charge in [0, 0.05) is 17.9 Å². The highest BCUT2D eigenvalue weighted by Crippen LogP contribution is 2.13. The van der Waals surface area contributed by atoms with Crippen LogP contribution in [0.2, 0.25) is 0 Å². The van der Waals surface area contributed by atoms with Crippen LogP contribution in [0.3, 0.4) is 0 Å². The molecule has 1 amide bonds. The van der Waals surface area contributed by atoms with Gasteiger partial charge in [-0.3, -0.25) is 4.79 Å². The third-order valence-corrected chi connectivity index (χ3v) is 3.29. The van der Waals surface area contributed by atoms with E-state index in [9.17, 15) is 4.79 Å². The van der Waals surface area contributed by atoms with Crippen molar-refractivity contribution in [1.29, 1.82) is 0 Å². The first-order chi connectivity index (χ1) is 9.20. The third-order valence-electron chi connectivity index (χ3n) is 2.41. The van der Waals surface area contributed by atoms with Gasteiger partial charge in [-0.2, -0.15) is 17.0 Å². The van der Waals surface area contributed by atoms with Crippen LogP contribution < -0.4 is 5.32 Å². The number of benzene rings is 1. The van der Waals surface area contributed by atoms with Gasteiger partial charge in [0.05, 0.1) is 5.69 Å². The number of hydrogen-bond acceptors (Lipinski definition) is 5. The number of aromatic amines is 1. The Labute approximate surface area is 119 Å². The number of H-pyrrole nitrogens is 1. The molecule has 2 rings (SSSR count). The average Bonchev–Trinajstić information content (AvgIpc) is 2.83. The summed E-state index contributed by atoms with van der Waals surface area (Å²) in [5, 5.41) is 12.8. The lowest BCUT2D eigenvalue weighted by atomic mass is 10.2. The first-order valence-electron chi connectivity index (χ1n) is 5.60. The predicted octanol–water partition coefficient (Wildman–Crippen LogP) is 2.02. The zero-order valence-electron chi connectivity index (χ0n) is 10.3. The lowest BCUT2D eigenvalue weighted by Crippen LogP contribution is -2.12. The zero-order chi connectivity index (χ0) is 13.7. The molecule has 100 valence electrons. The Hall–Kier alpha value is -1.67. The lowest BCUT2D eigenvalue weighted by Gasteiger charge is -2.06. The van der Waals surface area contributed by atoms with Gasteiger partial charge in [-0.1, -0.05) is 10.3 Å². The Morgan fingerprint density at radius 3 is 2.79 bits per heavy atom. The van der Waals surface area contributed by atoms with E-state index in [-0.39, 0.29) is 5.91 Å². The lowest BCUT2D eigenvalue weighted by molar-refractivity contribution is -0.115. The number of aromatic nitrogens is 4. The monoisotopic (exact) mass is 295 g/mol. The van der Waals surface area contributed by atoms with Crippen LogP contribution in [0.5, 0.6) is 0 Å². The van der Waals surface area contributed by atoms with Crippen LogP contribution in [-0.2, 0) is 4.79 Å². The van der Waals surface area contributed by atoms with E-state index in [0.717, 1.165) is 17.1 Å². The number of hydrogen-bond donors (Lipinski definition) is 2. The molecular weight excluding hydrogens is 282 g/mol. The summed E-state index contributed by atoms with van der Waals surface area (Å²) in [6.45, 7) is 0. The molecule has 0 atom stereocenters. The second-order valence-corrected chi connectivity index (χ2v) is 5.11. The molecule has 0 bridgehead atoms. The Morgan fingerprint density at radius 2 is 2.21 bits per heavy atom. The van der Waals surface area contributed by atoms with Crippen LogP contribution in [0.25, 0.3) is 5.69 Å². The van der Waals surface area contributed by atoms with E-state index in [2.05, 4.69) is 20.8 Å². The second-order valence-electron chi connectivity index (χ2n) is 3.76. The van der Waals surface area contributed by atoms with Crippen LogP contribution in [-0.4, -0.2) is 38.1 Å². The summed E-state index contributed by atoms with van der Waals surface area (Å²) >= 11 is 6.65. The highest BCUT2D eigenvalue weighted by molar-refractivity contribution is 7.98. The summed E-state index contributed by atoms with van der Waals surface area (Å²) in [4.78, 5) is 11.6. The van der Waals surface area contributed by atoms with E-state index in [1.54, 1.807) is 16.4 Å². The van der Waals surface area contributed by atoms with Crippen molar-refractivity contribution in [3.63, 3.8) is 0 Å². The number of amides is 1. The third kappa shape index (κ3) is 3.65. The molecule has 2 N–H and O–H groups in total. The van der Waals surface area contributed by atoms with Crippen molar-refractivity contribution in [3.05, 3.63) is 29.0 Å². The number of carbonyl (C=O) groups is 1. The van der Waals surface area contributed by atoms with Crippen molar-refractivity contribution < 1.29 is 4.79 Å². The summed E-state index contributed by atoms with van der Waals surface area (Å²) in [7, 11) is 0. The maximum absolute atomic E-state index is 11.6. The quantitative estimate of drug-likeness (QED) is 0.825. The predicted molar refractivity (Wildman–Crippen MR) is 78.2 cm³/mol. The minimum Gasteiger partial charge on any atom is -0.326 e. The van der Waals surface area contributed by atoms with Gasteiger partial charge >= 0.3 is 0 Å². The number of rotatable bonds is 5. The van der Waals surface area contributed by atoms with Gasteiger partial charge in [-0.25, -0.2) is 4.68 Å². The van der Waals surface area contributed by atoms with Crippen molar-refractivity contribution in [1.82, 2.24) is 20.2 Å². The molecule has 19 heavy (non-hydrogen) atoms. The number of nitrogens with one attached hydrogen (secondary N) is 2. The second kappa shape index (κ2) is 6.48. The van der Waals surface area contributed by atoms with Gasteiger partial charge in [0.1, 0.15) is 0 Å². The number of carbonyl (C=O) groups excluding carboxylic acids is 1. The van der Waals surface area contributed by atoms with E-state index in [1.165, 1.54) is 0 Å². The molecule has 0 radical (unpaired) electrons. The Balaban J connectivity index is 2.05. The minimum absolute atomic E-state index is 0.0157. The van der Waals surface area contributed by atoms with Gasteiger partial charge in [0.15, 0.2) is 0 Å². The van der Waals surface area contributed by atoms with Crippen LogP contribution >= 0.6 is 24.0 Å². The fraction of sp³-hybridized carbons (Fsp3) is 0.273. The molecule has 0 spiro atoms. The molecule has 0 fully saturated rings. The molecule has 0 saturated carbocycles. The van der Waals surface area contributed by atoms with Crippen molar-refractivity contribution in [2.24, 2.45) is 0 Å². The number of thioether (sulfide) groups is 1. The molecule has 1 heterocycles. The van der Waals surface area contributed by atoms with Crippen molar-refractivity contribution in [2.45, 2.75) is 6.42 Å². The van der Waals surface area contributed by atoms with Crippen molar-refractivity contribution >= 4 is 35.6 Å². The standard InChI is InChI=1S/C11H13N5OS2/c1-19-7-6-10(17)12-8-2-4-9(5-3-8)16-11(18)13-14-15-16/h2-5H,6-7H2,1H3,(H,12,17)(H,13,15,18). The number of anilines is 1. The van der Waals surface area contributed by atoms with E-state index >= 15 is 0 Å². The molecule has 2 aromatic rings. The molecular formula is C11H13N5OS2. The summed E-state index contributed by atoms with van der Waals surface area (Å²) < 4.78 is 1.94. The normalized spacial score (nSPS) is 10.4. The summed E-state index contributed by atoms with van der Waals surface area (Å²) in [6.07, 6.45) is 2.49. The van der Waals surface area contributed by atoms with Gasteiger partial charge in [-0.15, -0.1) is 0 Å². The summed E-state index contributed by atoms with van der Waals surface area (Å²) in [5.41, 5.74) is 1.57. The first kappa shape index (κ1) is 13.8. The maximum atomic E-state index is 11.6. The fourth-order valence-electron chi connectivity index (χ4n) is 1.48. The van der Waals surface area contributed by atoms with E-state index in [4.69, 9.17) is 12.2 Å². The molecule has 0 aliphatic carbocycles. The SMILES string of the molecule is CSCCC(=O)Nc1ccc(-n2[nH]nnc2=S)cc1. The largest absolute Gasteiger partial charge is 0.326 e. The van der Waals surface area contributed by atoms with Gasteiger partial charge in [-0.05, 0) is 42.7 Å². The number of tetrazole rings is 1. The van der Waals surface area contributed by atoms with Crippen LogP contribution in [0, 0.1) is 4.77 Å². The minimum atomic E-state index is 0.0157. The van der Waals surface area contributed by atoms with Gasteiger partial charge in [0.25, 0.3) is 0 Å². The fourth-order valence-corrected chi connectivity index (χ4v) is 2.05. The Kier molecular flexibility index (Phi) is 4.69. The highest BCUT2D eigenvalue weighted by Gasteiger charge is 2.03. The molecule has 0 saturated heterocycles. The zero-order valence-corrected chi connectivity index (χ0v) is 11.9. The maximum Gasteiger partial charge on any atom is 0.242 e. The molecule has 1 aromatic heterocycles. The number of nitrogens with zero attached hydrogens (tertiary/aromatic N) is 3. The topological polar surface area (TPSA) is 75.6 Å². The van der Waals surface area contributed by atoms with Crippen LogP contribution in [0.15, 0.2) is 24.3 Å². The molecule has 0 aliphatic heterocycles. The van der Waals surface area contributed by atoms with E-state index in [0.29, 0.717) is 11.2 Å².